The van der Waals surface area contributed by atoms with Gasteiger partial charge in [-0.2, -0.15) is 0 Å². The minimum absolute atomic E-state index is 0.172. The molecule has 4 rings (SSSR count). The van der Waals surface area contributed by atoms with Crippen molar-refractivity contribution >= 4 is 28.4 Å². The van der Waals surface area contributed by atoms with Crippen LogP contribution in [0.4, 0.5) is 5.69 Å². The summed E-state index contributed by atoms with van der Waals surface area (Å²) >= 11 is 0. The van der Waals surface area contributed by atoms with E-state index in [1.54, 1.807) is 18.2 Å². The van der Waals surface area contributed by atoms with Crippen LogP contribution in [0, 0.1) is 0 Å². The predicted molar refractivity (Wildman–Crippen MR) is 95.8 cm³/mol. The topological polar surface area (TPSA) is 51.5 Å². The number of carbonyl (C=O) groups excluding carboxylic acids is 2. The van der Waals surface area contributed by atoms with Crippen LogP contribution in [-0.4, -0.2) is 23.5 Å². The number of fused-ring (bicyclic) bond motifs is 1. The van der Waals surface area contributed by atoms with Crippen LogP contribution in [0.3, 0.4) is 0 Å². The SMILES string of the molecule is COc1ccccc1N1C(=O)CC(c2cn(C)c3ccccc23)C1=O. The maximum absolute atomic E-state index is 13.1. The highest BCUT2D eigenvalue weighted by atomic mass is 16.5. The zero-order chi connectivity index (χ0) is 17.6. The summed E-state index contributed by atoms with van der Waals surface area (Å²) in [6.45, 7) is 0. The zero-order valence-corrected chi connectivity index (χ0v) is 14.1. The molecular weight excluding hydrogens is 316 g/mol. The minimum Gasteiger partial charge on any atom is -0.495 e. The summed E-state index contributed by atoms with van der Waals surface area (Å²) in [6, 6.07) is 15.0. The van der Waals surface area contributed by atoms with Crippen LogP contribution < -0.4 is 9.64 Å². The Balaban J connectivity index is 1.79. The van der Waals surface area contributed by atoms with Gasteiger partial charge in [-0.1, -0.05) is 30.3 Å². The molecule has 1 saturated heterocycles. The van der Waals surface area contributed by atoms with Crippen molar-refractivity contribution < 1.29 is 14.3 Å². The first-order valence-corrected chi connectivity index (χ1v) is 8.15. The van der Waals surface area contributed by atoms with Gasteiger partial charge in [0.1, 0.15) is 5.75 Å². The van der Waals surface area contributed by atoms with E-state index in [0.29, 0.717) is 11.4 Å². The van der Waals surface area contributed by atoms with E-state index in [2.05, 4.69) is 0 Å². The summed E-state index contributed by atoms with van der Waals surface area (Å²) in [5, 5.41) is 1.01. The highest BCUT2D eigenvalue weighted by Gasteiger charge is 2.42. The standard InChI is InChI=1S/C20H18N2O3/c1-21-12-15(13-7-3-4-8-16(13)21)14-11-19(23)22(20(14)24)17-9-5-6-10-18(17)25-2/h3-10,12,14H,11H2,1-2H3. The molecule has 2 amide bonds. The minimum atomic E-state index is -0.469. The Morgan fingerprint density at radius 1 is 1.04 bits per heavy atom. The van der Waals surface area contributed by atoms with Crippen molar-refractivity contribution in [3.8, 4) is 5.75 Å². The van der Waals surface area contributed by atoms with Crippen molar-refractivity contribution in [3.05, 3.63) is 60.3 Å². The largest absolute Gasteiger partial charge is 0.495 e. The number of hydrogen-bond acceptors (Lipinski definition) is 3. The molecule has 25 heavy (non-hydrogen) atoms. The monoisotopic (exact) mass is 334 g/mol. The molecule has 0 radical (unpaired) electrons. The van der Waals surface area contributed by atoms with Gasteiger partial charge >= 0.3 is 0 Å². The van der Waals surface area contributed by atoms with Crippen molar-refractivity contribution in [2.24, 2.45) is 7.05 Å². The van der Waals surface area contributed by atoms with Crippen LogP contribution in [0.25, 0.3) is 10.9 Å². The van der Waals surface area contributed by atoms with E-state index in [0.717, 1.165) is 16.5 Å². The Labute approximate surface area is 145 Å². The number of amides is 2. The van der Waals surface area contributed by atoms with Gasteiger partial charge in [-0.15, -0.1) is 0 Å². The smallest absolute Gasteiger partial charge is 0.242 e. The number of methoxy groups -OCH3 is 1. The summed E-state index contributed by atoms with van der Waals surface area (Å²) in [6.07, 6.45) is 2.12. The highest BCUT2D eigenvalue weighted by molar-refractivity contribution is 6.24. The van der Waals surface area contributed by atoms with Gasteiger partial charge in [0.15, 0.2) is 0 Å². The third kappa shape index (κ3) is 2.31. The molecule has 0 aliphatic carbocycles. The maximum Gasteiger partial charge on any atom is 0.242 e. The van der Waals surface area contributed by atoms with Crippen LogP contribution >= 0.6 is 0 Å². The van der Waals surface area contributed by atoms with Gasteiger partial charge in [0.2, 0.25) is 11.8 Å². The van der Waals surface area contributed by atoms with Crippen LogP contribution in [0.5, 0.6) is 5.75 Å². The number of aromatic nitrogens is 1. The lowest BCUT2D eigenvalue weighted by Crippen LogP contribution is -2.30. The molecule has 3 aromatic rings. The van der Waals surface area contributed by atoms with Crippen LogP contribution in [0.2, 0.25) is 0 Å². The quantitative estimate of drug-likeness (QED) is 0.691. The second-order valence-corrected chi connectivity index (χ2v) is 6.21. The molecule has 2 aromatic carbocycles. The van der Waals surface area contributed by atoms with Crippen molar-refractivity contribution in [2.75, 3.05) is 12.0 Å². The molecular formula is C20H18N2O3. The molecule has 1 unspecified atom stereocenters. The van der Waals surface area contributed by atoms with Gasteiger partial charge in [-0.3, -0.25) is 9.59 Å². The van der Waals surface area contributed by atoms with Crippen LogP contribution in [0.15, 0.2) is 54.7 Å². The van der Waals surface area contributed by atoms with Gasteiger partial charge in [-0.25, -0.2) is 4.90 Å². The second kappa shape index (κ2) is 5.77. The Hall–Kier alpha value is -3.08. The van der Waals surface area contributed by atoms with Crippen LogP contribution in [0.1, 0.15) is 17.9 Å². The molecule has 5 nitrogen and oxygen atoms in total. The highest BCUT2D eigenvalue weighted by Crippen LogP contribution is 2.39. The lowest BCUT2D eigenvalue weighted by Gasteiger charge is -2.17. The number of benzene rings is 2. The van der Waals surface area contributed by atoms with Gasteiger partial charge in [-0.05, 0) is 23.8 Å². The van der Waals surface area contributed by atoms with E-state index in [-0.39, 0.29) is 18.2 Å². The first kappa shape index (κ1) is 15.4. The molecule has 1 aliphatic heterocycles. The van der Waals surface area contributed by atoms with Gasteiger partial charge in [0, 0.05) is 30.6 Å². The number of nitrogens with zero attached hydrogens (tertiary/aromatic N) is 2. The Morgan fingerprint density at radius 3 is 2.56 bits per heavy atom. The van der Waals surface area contributed by atoms with Crippen molar-refractivity contribution in [1.29, 1.82) is 0 Å². The fraction of sp³-hybridized carbons (Fsp3) is 0.200. The number of ether oxygens (including phenoxy) is 1. The molecule has 1 aliphatic rings. The molecule has 1 atom stereocenters. The molecule has 0 saturated carbocycles. The summed E-state index contributed by atoms with van der Waals surface area (Å²) in [5.74, 6) is -0.357. The number of rotatable bonds is 3. The van der Waals surface area contributed by atoms with Crippen LogP contribution in [-0.2, 0) is 16.6 Å². The number of imide groups is 1. The Morgan fingerprint density at radius 2 is 1.76 bits per heavy atom. The van der Waals surface area contributed by atoms with Gasteiger partial charge in [0.05, 0.1) is 18.7 Å². The molecule has 1 fully saturated rings. The van der Waals surface area contributed by atoms with Gasteiger partial charge in [0.25, 0.3) is 0 Å². The first-order chi connectivity index (χ1) is 12.1. The summed E-state index contributed by atoms with van der Waals surface area (Å²) in [5.41, 5.74) is 2.45. The Kier molecular flexibility index (Phi) is 3.57. The average Bonchev–Trinajstić information content (AvgIpc) is 3.12. The van der Waals surface area contributed by atoms with Gasteiger partial charge < -0.3 is 9.30 Å². The fourth-order valence-corrected chi connectivity index (χ4v) is 3.59. The molecule has 0 spiro atoms. The average molecular weight is 334 g/mol. The van der Waals surface area contributed by atoms with E-state index in [9.17, 15) is 9.59 Å². The van der Waals surface area contributed by atoms with E-state index < -0.39 is 5.92 Å². The Bertz CT molecular complexity index is 990. The number of para-hydroxylation sites is 3. The third-order valence-corrected chi connectivity index (χ3v) is 4.78. The lowest BCUT2D eigenvalue weighted by molar-refractivity contribution is -0.121. The molecule has 5 heteroatoms. The molecule has 2 heterocycles. The number of anilines is 1. The second-order valence-electron chi connectivity index (χ2n) is 6.21. The zero-order valence-electron chi connectivity index (χ0n) is 14.1. The lowest BCUT2D eigenvalue weighted by atomic mass is 9.97. The third-order valence-electron chi connectivity index (χ3n) is 4.78. The summed E-state index contributed by atoms with van der Waals surface area (Å²) < 4.78 is 7.31. The van der Waals surface area contributed by atoms with E-state index >= 15 is 0 Å². The maximum atomic E-state index is 13.1. The van der Waals surface area contributed by atoms with Crippen molar-refractivity contribution in [3.63, 3.8) is 0 Å². The molecule has 0 bridgehead atoms. The summed E-state index contributed by atoms with van der Waals surface area (Å²) in [4.78, 5) is 27.0. The summed E-state index contributed by atoms with van der Waals surface area (Å²) in [7, 11) is 3.48. The van der Waals surface area contributed by atoms with E-state index in [1.165, 1.54) is 12.0 Å². The molecule has 0 N–H and O–H groups in total. The first-order valence-electron chi connectivity index (χ1n) is 8.15. The number of carbonyl (C=O) groups is 2. The van der Waals surface area contributed by atoms with E-state index in [4.69, 9.17) is 4.74 Å². The van der Waals surface area contributed by atoms with Crippen molar-refractivity contribution in [1.82, 2.24) is 4.57 Å². The predicted octanol–water partition coefficient (Wildman–Crippen LogP) is 3.23. The molecule has 1 aromatic heterocycles. The molecule has 126 valence electrons. The fourth-order valence-electron chi connectivity index (χ4n) is 3.59. The number of hydrogen-bond donors (Lipinski definition) is 0. The number of aryl methyl sites for hydroxylation is 1. The normalized spacial score (nSPS) is 17.5. The van der Waals surface area contributed by atoms with Crippen molar-refractivity contribution in [2.45, 2.75) is 12.3 Å². The van der Waals surface area contributed by atoms with E-state index in [1.807, 2.05) is 48.1 Å².